The van der Waals surface area contributed by atoms with Crippen LogP contribution in [0.4, 0.5) is 58.4 Å². The van der Waals surface area contributed by atoms with Crippen LogP contribution >= 0.6 is 0 Å². The molecule has 0 aliphatic rings. The number of rotatable bonds is 20. The van der Waals surface area contributed by atoms with Crippen LogP contribution in [0.25, 0.3) is 12.2 Å². The number of aliphatic hydroxyl groups is 2. The van der Waals surface area contributed by atoms with E-state index in [1.807, 2.05) is 0 Å². The molecule has 12 N–H and O–H groups in total. The zero-order chi connectivity index (χ0) is 47.9. The molecule has 0 spiro atoms. The average molecular weight is 989 g/mol. The number of nitrogens with one attached hydrogen (secondary N) is 6. The molecule has 0 fully saturated rings. The molecule has 0 aliphatic heterocycles. The van der Waals surface area contributed by atoms with E-state index in [0.717, 1.165) is 48.6 Å². The van der Waals surface area contributed by atoms with Gasteiger partial charge in [-0.15, -0.1) is 0 Å². The number of hydrogen-bond donors (Lipinski definition) is 12. The molecular weight excluding hydrogens is 953 g/mol. The highest BCUT2D eigenvalue weighted by atomic mass is 32.2. The van der Waals surface area contributed by atoms with Gasteiger partial charge in [0.15, 0.2) is 0 Å². The van der Waals surface area contributed by atoms with Crippen molar-refractivity contribution in [2.24, 2.45) is 0 Å². The SMILES string of the molecule is O=S(=O)(O)c1ccc(Nc2nc(NCCO)nc(Nc3ccc(C=Cc4ccc(Nc5nc(NCCO)nc(Nc6ccc(S(=O)(=O)O)cc6)n5)cc4S(=O)(=O)O)c(S(=O)(=O)O)c3)n2)cc1. The summed E-state index contributed by atoms with van der Waals surface area (Å²) in [5.41, 5.74) is 0.365. The van der Waals surface area contributed by atoms with Crippen molar-refractivity contribution >= 4 is 111 Å². The molecule has 348 valence electrons. The Morgan fingerprint density at radius 1 is 0.394 bits per heavy atom. The summed E-state index contributed by atoms with van der Waals surface area (Å²) < 4.78 is 135. The topological polar surface area (TPSA) is 407 Å². The second-order valence-corrected chi connectivity index (χ2v) is 18.8. The van der Waals surface area contributed by atoms with E-state index in [1.54, 1.807) is 0 Å². The molecule has 2 heterocycles. The molecule has 0 saturated carbocycles. The Hall–Kier alpha value is -7.00. The highest BCUT2D eigenvalue weighted by molar-refractivity contribution is 7.86. The van der Waals surface area contributed by atoms with E-state index in [4.69, 9.17) is 0 Å². The van der Waals surface area contributed by atoms with Gasteiger partial charge in [0.25, 0.3) is 40.5 Å². The van der Waals surface area contributed by atoms with E-state index in [9.17, 15) is 62.1 Å². The molecule has 30 heteroatoms. The van der Waals surface area contributed by atoms with Crippen LogP contribution in [-0.4, -0.2) is 118 Å². The highest BCUT2D eigenvalue weighted by Crippen LogP contribution is 2.29. The molecule has 0 atom stereocenters. The lowest BCUT2D eigenvalue weighted by Gasteiger charge is -2.13. The number of benzene rings is 4. The lowest BCUT2D eigenvalue weighted by atomic mass is 10.1. The van der Waals surface area contributed by atoms with Crippen LogP contribution in [-0.2, 0) is 40.5 Å². The van der Waals surface area contributed by atoms with Crippen molar-refractivity contribution in [2.45, 2.75) is 19.6 Å². The molecule has 0 radical (unpaired) electrons. The van der Waals surface area contributed by atoms with Crippen molar-refractivity contribution in [2.75, 3.05) is 58.2 Å². The largest absolute Gasteiger partial charge is 0.395 e. The fourth-order valence-corrected chi connectivity index (χ4v) is 7.91. The summed E-state index contributed by atoms with van der Waals surface area (Å²) in [7, 11) is -18.9. The first kappa shape index (κ1) is 48.5. The Morgan fingerprint density at radius 3 is 0.970 bits per heavy atom. The Labute approximate surface area is 375 Å². The van der Waals surface area contributed by atoms with E-state index < -0.39 is 50.3 Å². The molecule has 0 aliphatic carbocycles. The highest BCUT2D eigenvalue weighted by Gasteiger charge is 2.20. The van der Waals surface area contributed by atoms with E-state index in [1.165, 1.54) is 48.5 Å². The van der Waals surface area contributed by atoms with Crippen LogP contribution in [0.2, 0.25) is 0 Å². The van der Waals surface area contributed by atoms with Gasteiger partial charge in [0, 0.05) is 35.8 Å². The number of aromatic nitrogens is 6. The molecule has 6 rings (SSSR count). The number of nitrogens with zero attached hydrogens (tertiary/aromatic N) is 6. The lowest BCUT2D eigenvalue weighted by molar-refractivity contribution is 0.310. The van der Waals surface area contributed by atoms with E-state index in [2.05, 4.69) is 61.8 Å². The molecule has 0 amide bonds. The van der Waals surface area contributed by atoms with Gasteiger partial charge in [0.05, 0.1) is 23.0 Å². The maximum absolute atomic E-state index is 12.6. The van der Waals surface area contributed by atoms with Gasteiger partial charge in [0.2, 0.25) is 35.7 Å². The first-order valence-corrected chi connectivity index (χ1v) is 24.2. The van der Waals surface area contributed by atoms with Gasteiger partial charge in [-0.05, 0) is 83.9 Å². The van der Waals surface area contributed by atoms with Crippen LogP contribution < -0.4 is 31.9 Å². The minimum atomic E-state index is -4.97. The first-order valence-electron chi connectivity index (χ1n) is 18.4. The molecule has 2 aromatic heterocycles. The van der Waals surface area contributed by atoms with Crippen molar-refractivity contribution in [1.82, 2.24) is 29.9 Å². The summed E-state index contributed by atoms with van der Waals surface area (Å²) in [5, 5.41) is 35.3. The van der Waals surface area contributed by atoms with Gasteiger partial charge in [-0.3, -0.25) is 18.2 Å². The van der Waals surface area contributed by atoms with Crippen LogP contribution in [0.1, 0.15) is 11.1 Å². The van der Waals surface area contributed by atoms with Crippen molar-refractivity contribution in [1.29, 1.82) is 0 Å². The second kappa shape index (κ2) is 20.0. The standard InChI is InChI=1S/C36H36N12O14S4/c49-17-15-37-31-43-33(39-23-7-11-27(12-8-23)63(51,52)53)47-35(45-31)41-25-5-3-21(29(19-25)65(57,58)59)1-2-22-4-6-26(20-30(22)66(60,61)62)42-36-46-32(38-16-18-50)44-34(48-36)40-24-9-13-28(14-10-24)64(54,55)56/h1-14,19-20,49-50H,15-18H2,(H,51,52,53)(H,54,55,56)(H,57,58,59)(H,60,61,62)(H3,37,39,41,43,45,47)(H3,38,40,42,44,46,48). The van der Waals surface area contributed by atoms with Crippen molar-refractivity contribution in [3.63, 3.8) is 0 Å². The molecule has 0 unspecified atom stereocenters. The van der Waals surface area contributed by atoms with Gasteiger partial charge in [-0.2, -0.15) is 63.6 Å². The third kappa shape index (κ3) is 13.3. The summed E-state index contributed by atoms with van der Waals surface area (Å²) in [6.45, 7) is -0.569. The molecular formula is C36H36N12O14S4. The second-order valence-electron chi connectivity index (χ2n) is 13.2. The third-order valence-corrected chi connectivity index (χ3v) is 12.0. The monoisotopic (exact) mass is 988 g/mol. The summed E-state index contributed by atoms with van der Waals surface area (Å²) in [6.07, 6.45) is 2.31. The van der Waals surface area contributed by atoms with Crippen LogP contribution in [0.3, 0.4) is 0 Å². The van der Waals surface area contributed by atoms with Crippen LogP contribution in [0.15, 0.2) is 105 Å². The number of hydrogen-bond acceptors (Lipinski definition) is 22. The van der Waals surface area contributed by atoms with E-state index in [-0.39, 0.29) is 94.3 Å². The van der Waals surface area contributed by atoms with E-state index >= 15 is 0 Å². The molecule has 4 aromatic carbocycles. The fraction of sp³-hybridized carbons (Fsp3) is 0.111. The maximum atomic E-state index is 12.6. The molecule has 0 saturated heterocycles. The average Bonchev–Trinajstić information content (AvgIpc) is 3.23. The summed E-state index contributed by atoms with van der Waals surface area (Å²) in [6, 6.07) is 17.1. The van der Waals surface area contributed by atoms with Gasteiger partial charge in [-0.25, -0.2) is 0 Å². The smallest absolute Gasteiger partial charge is 0.295 e. The summed E-state index contributed by atoms with van der Waals surface area (Å²) in [4.78, 5) is 23.2. The predicted octanol–water partition coefficient (Wildman–Crippen LogP) is 3.00. The van der Waals surface area contributed by atoms with Crippen LogP contribution in [0, 0.1) is 0 Å². The zero-order valence-electron chi connectivity index (χ0n) is 33.3. The molecule has 6 aromatic rings. The maximum Gasteiger partial charge on any atom is 0.295 e. The molecule has 66 heavy (non-hydrogen) atoms. The minimum Gasteiger partial charge on any atom is -0.395 e. The van der Waals surface area contributed by atoms with E-state index in [0.29, 0.717) is 11.4 Å². The predicted molar refractivity (Wildman–Crippen MR) is 238 cm³/mol. The Morgan fingerprint density at radius 2 is 0.682 bits per heavy atom. The Kier molecular flexibility index (Phi) is 14.7. The lowest BCUT2D eigenvalue weighted by Crippen LogP contribution is -2.12. The Bertz CT molecular complexity index is 3020. The third-order valence-electron chi connectivity index (χ3n) is 8.41. The minimum absolute atomic E-state index is 0.0178. The van der Waals surface area contributed by atoms with Gasteiger partial charge in [0.1, 0.15) is 9.79 Å². The van der Waals surface area contributed by atoms with Crippen LogP contribution in [0.5, 0.6) is 0 Å². The summed E-state index contributed by atoms with van der Waals surface area (Å²) >= 11 is 0. The Balaban J connectivity index is 1.26. The van der Waals surface area contributed by atoms with Gasteiger partial charge >= 0.3 is 0 Å². The van der Waals surface area contributed by atoms with Gasteiger partial charge in [-0.1, -0.05) is 24.3 Å². The number of anilines is 10. The van der Waals surface area contributed by atoms with Crippen molar-refractivity contribution in [3.8, 4) is 0 Å². The molecule has 0 bridgehead atoms. The van der Waals surface area contributed by atoms with Gasteiger partial charge < -0.3 is 42.1 Å². The molecule has 26 nitrogen and oxygen atoms in total. The number of aliphatic hydroxyl groups excluding tert-OH is 2. The van der Waals surface area contributed by atoms with Crippen molar-refractivity contribution < 1.29 is 62.1 Å². The summed E-state index contributed by atoms with van der Waals surface area (Å²) in [5.74, 6) is -0.650. The van der Waals surface area contributed by atoms with Crippen molar-refractivity contribution in [3.05, 3.63) is 96.1 Å². The fourth-order valence-electron chi connectivity index (χ4n) is 5.53. The quantitative estimate of drug-likeness (QED) is 0.0386. The first-order chi connectivity index (χ1) is 31.1. The zero-order valence-corrected chi connectivity index (χ0v) is 36.6. The normalized spacial score (nSPS) is 12.2.